The fourth-order valence-corrected chi connectivity index (χ4v) is 5.73. The molecule has 0 aliphatic rings. The molecule has 0 aromatic heterocycles. The second-order valence-corrected chi connectivity index (χ2v) is 11.2. The molecule has 1 N–H and O–H groups in total. The molecular weight excluding hydrogens is 554 g/mol. The molecule has 0 saturated heterocycles. The van der Waals surface area contributed by atoms with E-state index in [0.717, 1.165) is 9.87 Å². The average Bonchev–Trinajstić information content (AvgIpc) is 2.96. The van der Waals surface area contributed by atoms with Crippen LogP contribution in [0.4, 0.5) is 5.69 Å². The summed E-state index contributed by atoms with van der Waals surface area (Å²) in [5, 5.41) is 3.20. The molecule has 0 saturated carbocycles. The summed E-state index contributed by atoms with van der Waals surface area (Å²) < 4.78 is 39.3. The number of ether oxygens (including phenoxy) is 2. The first kappa shape index (κ1) is 30.8. The Labute approximate surface area is 240 Å². The number of carbonyl (C=O) groups excluding carboxylic acids is 2. The zero-order valence-corrected chi connectivity index (χ0v) is 24.5. The first-order chi connectivity index (χ1) is 19.1. The maximum Gasteiger partial charge on any atom is 0.264 e. The second kappa shape index (κ2) is 14.0. The van der Waals surface area contributed by atoms with Gasteiger partial charge in [-0.25, -0.2) is 8.42 Å². The predicted molar refractivity (Wildman–Crippen MR) is 155 cm³/mol. The number of carbonyl (C=O) groups is 2. The normalized spacial score (nSPS) is 11.8. The molecule has 0 bridgehead atoms. The minimum Gasteiger partial charge on any atom is -0.497 e. The van der Waals surface area contributed by atoms with Crippen molar-refractivity contribution in [2.45, 2.75) is 37.8 Å². The number of benzene rings is 3. The molecule has 11 heteroatoms. The molecule has 40 heavy (non-hydrogen) atoms. The van der Waals surface area contributed by atoms with Crippen molar-refractivity contribution in [1.82, 2.24) is 10.2 Å². The van der Waals surface area contributed by atoms with E-state index >= 15 is 0 Å². The number of hydrogen-bond acceptors (Lipinski definition) is 6. The Morgan fingerprint density at radius 1 is 0.925 bits per heavy atom. The predicted octanol–water partition coefficient (Wildman–Crippen LogP) is 4.50. The van der Waals surface area contributed by atoms with Crippen LogP contribution in [0.5, 0.6) is 11.5 Å². The van der Waals surface area contributed by atoms with Crippen LogP contribution in [0.25, 0.3) is 0 Å². The fourth-order valence-electron chi connectivity index (χ4n) is 4.19. The van der Waals surface area contributed by atoms with E-state index in [1.54, 1.807) is 51.3 Å². The number of halogens is 1. The Kier molecular flexibility index (Phi) is 10.8. The van der Waals surface area contributed by atoms with Gasteiger partial charge < -0.3 is 19.7 Å². The first-order valence-electron chi connectivity index (χ1n) is 12.8. The highest BCUT2D eigenvalue weighted by atomic mass is 35.5. The molecule has 1 atom stereocenters. The highest BCUT2D eigenvalue weighted by molar-refractivity contribution is 7.92. The summed E-state index contributed by atoms with van der Waals surface area (Å²) >= 11 is 6.07. The van der Waals surface area contributed by atoms with Gasteiger partial charge in [-0.3, -0.25) is 13.9 Å². The number of amides is 2. The van der Waals surface area contributed by atoms with Gasteiger partial charge >= 0.3 is 0 Å². The van der Waals surface area contributed by atoms with E-state index in [1.165, 1.54) is 48.4 Å². The van der Waals surface area contributed by atoms with Crippen LogP contribution in [0.15, 0.2) is 77.7 Å². The summed E-state index contributed by atoms with van der Waals surface area (Å²) in [6.45, 7) is 3.51. The van der Waals surface area contributed by atoms with Gasteiger partial charge in [-0.2, -0.15) is 0 Å². The lowest BCUT2D eigenvalue weighted by atomic mass is 10.1. The Hall–Kier alpha value is -3.76. The minimum atomic E-state index is -4.20. The van der Waals surface area contributed by atoms with Crippen molar-refractivity contribution < 1.29 is 27.5 Å². The van der Waals surface area contributed by atoms with Crippen molar-refractivity contribution in [2.24, 2.45) is 0 Å². The molecular formula is C29H34ClN3O6S. The van der Waals surface area contributed by atoms with E-state index in [9.17, 15) is 18.0 Å². The van der Waals surface area contributed by atoms with Gasteiger partial charge in [0.1, 0.15) is 24.1 Å². The zero-order valence-electron chi connectivity index (χ0n) is 23.0. The monoisotopic (exact) mass is 587 g/mol. The molecule has 0 aliphatic heterocycles. The summed E-state index contributed by atoms with van der Waals surface area (Å²) in [4.78, 5) is 28.4. The van der Waals surface area contributed by atoms with Gasteiger partial charge in [0.2, 0.25) is 11.8 Å². The van der Waals surface area contributed by atoms with Gasteiger partial charge in [0.15, 0.2) is 0 Å². The molecule has 0 spiro atoms. The number of methoxy groups -OCH3 is 2. The van der Waals surface area contributed by atoms with E-state index in [1.807, 2.05) is 6.07 Å². The molecule has 3 rings (SSSR count). The molecule has 214 valence electrons. The molecule has 9 nitrogen and oxygen atoms in total. The van der Waals surface area contributed by atoms with Crippen LogP contribution < -0.4 is 19.1 Å². The number of sulfonamides is 1. The van der Waals surface area contributed by atoms with Gasteiger partial charge in [0, 0.05) is 18.1 Å². The number of anilines is 1. The number of nitrogens with one attached hydrogen (secondary N) is 1. The fraction of sp³-hybridized carbons (Fsp3) is 0.310. The van der Waals surface area contributed by atoms with Gasteiger partial charge in [-0.15, -0.1) is 0 Å². The molecule has 3 aromatic rings. The number of likely N-dealkylation sites (N-methyl/N-ethyl adjacent to an activating group) is 1. The van der Waals surface area contributed by atoms with Crippen molar-refractivity contribution in [3.63, 3.8) is 0 Å². The minimum absolute atomic E-state index is 0.0221. The van der Waals surface area contributed by atoms with E-state index in [4.69, 9.17) is 21.1 Å². The Bertz CT molecular complexity index is 1400. The van der Waals surface area contributed by atoms with Crippen molar-refractivity contribution in [3.05, 3.63) is 83.4 Å². The summed E-state index contributed by atoms with van der Waals surface area (Å²) in [6, 6.07) is 18.4. The van der Waals surface area contributed by atoms with Crippen LogP contribution >= 0.6 is 11.6 Å². The number of nitrogens with zero attached hydrogens (tertiary/aromatic N) is 2. The molecule has 3 aromatic carbocycles. The quantitative estimate of drug-likeness (QED) is 0.316. The average molecular weight is 588 g/mol. The number of rotatable bonds is 13. The van der Waals surface area contributed by atoms with Crippen LogP contribution in [0, 0.1) is 0 Å². The van der Waals surface area contributed by atoms with Crippen LogP contribution in [0.2, 0.25) is 5.02 Å². The molecule has 0 aliphatic carbocycles. The van der Waals surface area contributed by atoms with E-state index < -0.39 is 28.5 Å². The van der Waals surface area contributed by atoms with Crippen molar-refractivity contribution in [1.29, 1.82) is 0 Å². The summed E-state index contributed by atoms with van der Waals surface area (Å²) in [6.07, 6.45) is 0.327. The summed E-state index contributed by atoms with van der Waals surface area (Å²) in [5.41, 5.74) is 0.979. The third-order valence-corrected chi connectivity index (χ3v) is 8.30. The lowest BCUT2D eigenvalue weighted by Crippen LogP contribution is -2.52. The van der Waals surface area contributed by atoms with Crippen LogP contribution in [-0.2, 0) is 26.2 Å². The van der Waals surface area contributed by atoms with E-state index in [-0.39, 0.29) is 23.0 Å². The first-order valence-corrected chi connectivity index (χ1v) is 14.6. The Morgan fingerprint density at radius 3 is 2.15 bits per heavy atom. The summed E-state index contributed by atoms with van der Waals surface area (Å²) in [7, 11) is -1.17. The third-order valence-electron chi connectivity index (χ3n) is 6.26. The van der Waals surface area contributed by atoms with Crippen molar-refractivity contribution >= 4 is 39.1 Å². The summed E-state index contributed by atoms with van der Waals surface area (Å²) in [5.74, 6) is 0.219. The number of hydrogen-bond donors (Lipinski definition) is 1. The maximum absolute atomic E-state index is 14.0. The van der Waals surface area contributed by atoms with Crippen LogP contribution in [0.1, 0.15) is 25.8 Å². The standard InChI is InChI=1S/C29H34ClN3O6S/c1-5-27(29(35)31-6-2)32(19-21-8-7-9-25(18-21)39-4)28(34)20-33(23-12-10-22(30)11-13-23)40(36,37)26-16-14-24(38-3)15-17-26/h7-18,27H,5-6,19-20H2,1-4H3,(H,31,35)/t27-/m1/s1. The lowest BCUT2D eigenvalue weighted by Gasteiger charge is -2.33. The molecule has 2 amide bonds. The molecule has 0 unspecified atom stereocenters. The smallest absolute Gasteiger partial charge is 0.264 e. The lowest BCUT2D eigenvalue weighted by molar-refractivity contribution is -0.140. The van der Waals surface area contributed by atoms with Gasteiger partial charge in [0.05, 0.1) is 24.8 Å². The zero-order chi connectivity index (χ0) is 29.3. The SMILES string of the molecule is CCNC(=O)[C@@H](CC)N(Cc1cccc(OC)c1)C(=O)CN(c1ccc(Cl)cc1)S(=O)(=O)c1ccc(OC)cc1. The second-order valence-electron chi connectivity index (χ2n) is 8.86. The van der Waals surface area contributed by atoms with Crippen molar-refractivity contribution in [2.75, 3.05) is 31.6 Å². The molecule has 0 fully saturated rings. The van der Waals surface area contributed by atoms with E-state index in [2.05, 4.69) is 5.32 Å². The van der Waals surface area contributed by atoms with Crippen LogP contribution in [0.3, 0.4) is 0 Å². The Balaban J connectivity index is 2.06. The van der Waals surface area contributed by atoms with Gasteiger partial charge in [0.25, 0.3) is 10.0 Å². The van der Waals surface area contributed by atoms with Gasteiger partial charge in [-0.05, 0) is 79.6 Å². The van der Waals surface area contributed by atoms with Crippen LogP contribution in [-0.4, -0.2) is 58.5 Å². The largest absolute Gasteiger partial charge is 0.497 e. The van der Waals surface area contributed by atoms with Gasteiger partial charge in [-0.1, -0.05) is 30.7 Å². The highest BCUT2D eigenvalue weighted by Crippen LogP contribution is 2.27. The maximum atomic E-state index is 14.0. The highest BCUT2D eigenvalue weighted by Gasteiger charge is 2.33. The van der Waals surface area contributed by atoms with Crippen molar-refractivity contribution in [3.8, 4) is 11.5 Å². The van der Waals surface area contributed by atoms with E-state index in [0.29, 0.717) is 29.5 Å². The molecule has 0 heterocycles. The molecule has 0 radical (unpaired) electrons. The third kappa shape index (κ3) is 7.45. The topological polar surface area (TPSA) is 105 Å². The Morgan fingerprint density at radius 2 is 1.57 bits per heavy atom.